The maximum Gasteiger partial charge on any atom is 0.341 e. The first-order valence-electron chi connectivity index (χ1n) is 8.65. The molecular formula is C19H25N3O3. The molecule has 1 unspecified atom stereocenters. The molecule has 3 rings (SSSR count). The van der Waals surface area contributed by atoms with Gasteiger partial charge in [-0.05, 0) is 50.6 Å². The van der Waals surface area contributed by atoms with Gasteiger partial charge in [-0.15, -0.1) is 0 Å². The third-order valence-electron chi connectivity index (χ3n) is 4.86. The van der Waals surface area contributed by atoms with Gasteiger partial charge in [0.2, 0.25) is 5.91 Å². The third-order valence-corrected chi connectivity index (χ3v) is 4.86. The Bertz CT molecular complexity index is 872. The van der Waals surface area contributed by atoms with Gasteiger partial charge in [-0.1, -0.05) is 0 Å². The molecule has 2 aromatic rings. The van der Waals surface area contributed by atoms with Crippen molar-refractivity contribution in [3.63, 3.8) is 0 Å². The molecule has 1 aliphatic heterocycles. The maximum atomic E-state index is 12.5. The van der Waals surface area contributed by atoms with Gasteiger partial charge >= 0.3 is 5.63 Å². The normalized spacial score (nSPS) is 15.8. The van der Waals surface area contributed by atoms with E-state index in [1.165, 1.54) is 6.92 Å². The Morgan fingerprint density at radius 1 is 1.36 bits per heavy atom. The minimum absolute atomic E-state index is 0.110. The topological polar surface area (TPSA) is 74.6 Å². The number of nitrogens with one attached hydrogen (secondary N) is 2. The second kappa shape index (κ2) is 6.98. The average molecular weight is 343 g/mol. The van der Waals surface area contributed by atoms with E-state index < -0.39 is 0 Å². The number of aryl methyl sites for hydroxylation is 1. The van der Waals surface area contributed by atoms with E-state index in [9.17, 15) is 9.59 Å². The van der Waals surface area contributed by atoms with Crippen LogP contribution in [0.5, 0.6) is 0 Å². The van der Waals surface area contributed by atoms with E-state index in [1.54, 1.807) is 0 Å². The first-order valence-corrected chi connectivity index (χ1v) is 8.65. The van der Waals surface area contributed by atoms with Crippen molar-refractivity contribution in [3.05, 3.63) is 39.2 Å². The number of carbonyl (C=O) groups excluding carboxylic acids is 1. The Balaban J connectivity index is 2.04. The Kier molecular flexibility index (Phi) is 4.92. The number of nitrogens with zero attached hydrogens (tertiary/aromatic N) is 1. The lowest BCUT2D eigenvalue weighted by molar-refractivity contribution is -0.114. The number of benzene rings is 1. The summed E-state index contributed by atoms with van der Waals surface area (Å²) < 4.78 is 5.57. The Morgan fingerprint density at radius 3 is 2.80 bits per heavy atom. The molecule has 6 nitrogen and oxygen atoms in total. The molecule has 1 aliphatic rings. The van der Waals surface area contributed by atoms with Gasteiger partial charge in [-0.25, -0.2) is 4.79 Å². The number of anilines is 1. The molecule has 0 aliphatic carbocycles. The molecule has 0 spiro atoms. The van der Waals surface area contributed by atoms with Gasteiger partial charge < -0.3 is 15.1 Å². The standard InChI is InChI=1S/C19H25N3O3/c1-11-7-18-15(8-17(11)21-13(3)23)14-5-6-22(9-12(2)20-4)10-16(14)19(24)25-18/h7-8,12,20H,5-6,9-10H2,1-4H3,(H,21,23). The van der Waals surface area contributed by atoms with Crippen LogP contribution in [0.1, 0.15) is 30.5 Å². The van der Waals surface area contributed by atoms with Crippen molar-refractivity contribution >= 4 is 22.6 Å². The van der Waals surface area contributed by atoms with E-state index >= 15 is 0 Å². The minimum atomic E-state index is -0.254. The number of hydrogen-bond acceptors (Lipinski definition) is 5. The number of amides is 1. The van der Waals surface area contributed by atoms with Crippen molar-refractivity contribution in [1.82, 2.24) is 10.2 Å². The molecule has 0 bridgehead atoms. The summed E-state index contributed by atoms with van der Waals surface area (Å²) in [4.78, 5) is 26.2. The highest BCUT2D eigenvalue weighted by Gasteiger charge is 2.24. The van der Waals surface area contributed by atoms with Crippen molar-refractivity contribution < 1.29 is 9.21 Å². The van der Waals surface area contributed by atoms with Gasteiger partial charge in [-0.3, -0.25) is 9.69 Å². The summed E-state index contributed by atoms with van der Waals surface area (Å²) in [6.45, 7) is 7.90. The van der Waals surface area contributed by atoms with Crippen molar-refractivity contribution in [2.45, 2.75) is 39.8 Å². The maximum absolute atomic E-state index is 12.5. The highest BCUT2D eigenvalue weighted by Crippen LogP contribution is 2.29. The van der Waals surface area contributed by atoms with Crippen LogP contribution >= 0.6 is 0 Å². The van der Waals surface area contributed by atoms with Crippen LogP contribution < -0.4 is 16.3 Å². The highest BCUT2D eigenvalue weighted by molar-refractivity contribution is 5.94. The molecule has 6 heteroatoms. The summed E-state index contributed by atoms with van der Waals surface area (Å²) in [7, 11) is 1.94. The first-order chi connectivity index (χ1) is 11.9. The predicted octanol–water partition coefficient (Wildman–Crippen LogP) is 2.03. The Labute approximate surface area is 147 Å². The summed E-state index contributed by atoms with van der Waals surface area (Å²) in [6.07, 6.45) is 0.802. The van der Waals surface area contributed by atoms with Gasteiger partial charge in [0.1, 0.15) is 5.58 Å². The van der Waals surface area contributed by atoms with Gasteiger partial charge in [0.25, 0.3) is 0 Å². The monoisotopic (exact) mass is 343 g/mol. The third kappa shape index (κ3) is 3.60. The molecule has 1 aromatic heterocycles. The molecule has 2 heterocycles. The fraction of sp³-hybridized carbons (Fsp3) is 0.474. The summed E-state index contributed by atoms with van der Waals surface area (Å²) in [5.74, 6) is -0.110. The molecule has 1 aromatic carbocycles. The molecule has 0 radical (unpaired) electrons. The largest absolute Gasteiger partial charge is 0.422 e. The number of fused-ring (bicyclic) bond motifs is 3. The van der Waals surface area contributed by atoms with Crippen LogP contribution in [0.25, 0.3) is 11.0 Å². The van der Waals surface area contributed by atoms with Gasteiger partial charge in [0.05, 0.1) is 5.56 Å². The second-order valence-corrected chi connectivity index (χ2v) is 6.87. The molecular weight excluding hydrogens is 318 g/mol. The SMILES string of the molecule is CNC(C)CN1CCc2c(c(=O)oc3cc(C)c(NC(C)=O)cc23)C1. The first kappa shape index (κ1) is 17.6. The van der Waals surface area contributed by atoms with Crippen molar-refractivity contribution in [3.8, 4) is 0 Å². The van der Waals surface area contributed by atoms with E-state index in [-0.39, 0.29) is 11.5 Å². The molecule has 134 valence electrons. The number of carbonyl (C=O) groups is 1. The lowest BCUT2D eigenvalue weighted by Gasteiger charge is -2.30. The van der Waals surface area contributed by atoms with Crippen LogP contribution in [-0.2, 0) is 17.8 Å². The second-order valence-electron chi connectivity index (χ2n) is 6.87. The van der Waals surface area contributed by atoms with Crippen LogP contribution in [0.15, 0.2) is 21.3 Å². The molecule has 0 saturated carbocycles. The van der Waals surface area contributed by atoms with Crippen molar-refractivity contribution in [2.75, 3.05) is 25.5 Å². The lowest BCUT2D eigenvalue weighted by Crippen LogP contribution is -2.41. The zero-order chi connectivity index (χ0) is 18.1. The molecule has 2 N–H and O–H groups in total. The van der Waals surface area contributed by atoms with E-state index in [0.29, 0.717) is 18.2 Å². The van der Waals surface area contributed by atoms with E-state index in [1.807, 2.05) is 26.1 Å². The average Bonchev–Trinajstić information content (AvgIpc) is 2.56. The van der Waals surface area contributed by atoms with Gasteiger partial charge in [-0.2, -0.15) is 0 Å². The molecule has 25 heavy (non-hydrogen) atoms. The van der Waals surface area contributed by atoms with Crippen LogP contribution in [0.4, 0.5) is 5.69 Å². The Morgan fingerprint density at radius 2 is 2.12 bits per heavy atom. The predicted molar refractivity (Wildman–Crippen MR) is 99.0 cm³/mol. The Hall–Kier alpha value is -2.18. The van der Waals surface area contributed by atoms with E-state index in [0.717, 1.165) is 47.3 Å². The van der Waals surface area contributed by atoms with Crippen molar-refractivity contribution in [1.29, 1.82) is 0 Å². The minimum Gasteiger partial charge on any atom is -0.422 e. The van der Waals surface area contributed by atoms with Gasteiger partial charge in [0.15, 0.2) is 0 Å². The summed E-state index contributed by atoms with van der Waals surface area (Å²) in [6, 6.07) is 4.13. The number of hydrogen-bond donors (Lipinski definition) is 2. The molecule has 1 amide bonds. The summed E-state index contributed by atoms with van der Waals surface area (Å²) in [5.41, 5.74) is 3.77. The number of rotatable bonds is 4. The summed E-state index contributed by atoms with van der Waals surface area (Å²) >= 11 is 0. The smallest absolute Gasteiger partial charge is 0.341 e. The van der Waals surface area contributed by atoms with Crippen LogP contribution in [0.3, 0.4) is 0 Å². The van der Waals surface area contributed by atoms with Gasteiger partial charge in [0, 0.05) is 43.7 Å². The lowest BCUT2D eigenvalue weighted by atomic mass is 9.96. The zero-order valence-corrected chi connectivity index (χ0v) is 15.2. The molecule has 1 atom stereocenters. The number of likely N-dealkylation sites (N-methyl/N-ethyl adjacent to an activating group) is 1. The van der Waals surface area contributed by atoms with Crippen LogP contribution in [-0.4, -0.2) is 37.0 Å². The van der Waals surface area contributed by atoms with E-state index in [2.05, 4.69) is 22.5 Å². The highest BCUT2D eigenvalue weighted by atomic mass is 16.4. The van der Waals surface area contributed by atoms with Crippen LogP contribution in [0.2, 0.25) is 0 Å². The van der Waals surface area contributed by atoms with Crippen molar-refractivity contribution in [2.24, 2.45) is 0 Å². The quantitative estimate of drug-likeness (QED) is 0.831. The van der Waals surface area contributed by atoms with E-state index in [4.69, 9.17) is 4.42 Å². The fourth-order valence-electron chi connectivity index (χ4n) is 3.43. The van der Waals surface area contributed by atoms with Crippen LogP contribution in [0, 0.1) is 6.92 Å². The zero-order valence-electron chi connectivity index (χ0n) is 15.2. The molecule has 0 saturated heterocycles. The molecule has 0 fully saturated rings. The fourth-order valence-corrected chi connectivity index (χ4v) is 3.43. The summed E-state index contributed by atoms with van der Waals surface area (Å²) in [5, 5.41) is 7.00.